The highest BCUT2D eigenvalue weighted by atomic mass is 32.1. The Morgan fingerprint density at radius 1 is 1.10 bits per heavy atom. The minimum Gasteiger partial charge on any atom is -0.459 e. The minimum absolute atomic E-state index is 0.161. The Morgan fingerprint density at radius 3 is 2.59 bits per heavy atom. The van der Waals surface area contributed by atoms with E-state index in [2.05, 4.69) is 15.6 Å². The lowest BCUT2D eigenvalue weighted by Crippen LogP contribution is -2.33. The van der Waals surface area contributed by atoms with Crippen molar-refractivity contribution in [2.75, 3.05) is 24.3 Å². The number of anilines is 2. The van der Waals surface area contributed by atoms with Crippen LogP contribution in [0.4, 0.5) is 11.4 Å². The lowest BCUT2D eigenvalue weighted by atomic mass is 10.2. The average Bonchev–Trinajstić information content (AvgIpc) is 3.37. The summed E-state index contributed by atoms with van der Waals surface area (Å²) in [6.45, 7) is 0. The molecule has 0 aliphatic rings. The number of furan rings is 1. The van der Waals surface area contributed by atoms with Crippen LogP contribution in [0.25, 0.3) is 22.6 Å². The SMILES string of the molecule is CN(C)c1ccc(-c2nc3cc(NC(=S)NC(=O)c4ccco4)ccc3o2)cc1. The molecule has 2 aromatic heterocycles. The molecule has 7 nitrogen and oxygen atoms in total. The van der Waals surface area contributed by atoms with Crippen molar-refractivity contribution < 1.29 is 13.6 Å². The average molecular weight is 406 g/mol. The largest absolute Gasteiger partial charge is 0.459 e. The van der Waals surface area contributed by atoms with Crippen LogP contribution in [0.1, 0.15) is 10.6 Å². The second kappa shape index (κ2) is 7.76. The van der Waals surface area contributed by atoms with Crippen LogP contribution >= 0.6 is 12.2 Å². The molecule has 0 aliphatic carbocycles. The second-order valence-corrected chi connectivity index (χ2v) is 6.94. The quantitative estimate of drug-likeness (QED) is 0.489. The highest BCUT2D eigenvalue weighted by molar-refractivity contribution is 7.80. The summed E-state index contributed by atoms with van der Waals surface area (Å²) in [6.07, 6.45) is 1.43. The summed E-state index contributed by atoms with van der Waals surface area (Å²) in [6, 6.07) is 16.6. The molecule has 0 atom stereocenters. The van der Waals surface area contributed by atoms with Crippen LogP contribution in [0, 0.1) is 0 Å². The maximum atomic E-state index is 12.0. The first kappa shape index (κ1) is 18.7. The van der Waals surface area contributed by atoms with E-state index in [1.54, 1.807) is 24.3 Å². The number of benzene rings is 2. The normalized spacial score (nSPS) is 10.7. The summed E-state index contributed by atoms with van der Waals surface area (Å²) in [5, 5.41) is 5.69. The van der Waals surface area contributed by atoms with E-state index in [0.29, 0.717) is 22.7 Å². The van der Waals surface area contributed by atoms with Gasteiger partial charge in [-0.15, -0.1) is 0 Å². The third-order valence-electron chi connectivity index (χ3n) is 4.25. The molecule has 0 unspecified atom stereocenters. The molecule has 29 heavy (non-hydrogen) atoms. The Kier molecular flexibility index (Phi) is 5.01. The minimum atomic E-state index is -0.418. The monoisotopic (exact) mass is 406 g/mol. The number of carbonyl (C=O) groups is 1. The number of hydrogen-bond donors (Lipinski definition) is 2. The Balaban J connectivity index is 1.49. The number of fused-ring (bicyclic) bond motifs is 1. The van der Waals surface area contributed by atoms with E-state index in [4.69, 9.17) is 21.1 Å². The molecule has 1 amide bonds. The van der Waals surface area contributed by atoms with Crippen LogP contribution in [-0.2, 0) is 0 Å². The van der Waals surface area contributed by atoms with E-state index >= 15 is 0 Å². The van der Waals surface area contributed by atoms with Gasteiger partial charge in [0.15, 0.2) is 16.5 Å². The maximum absolute atomic E-state index is 12.0. The number of nitrogens with zero attached hydrogens (tertiary/aromatic N) is 2. The summed E-state index contributed by atoms with van der Waals surface area (Å²) in [4.78, 5) is 18.6. The third-order valence-corrected chi connectivity index (χ3v) is 4.45. The topological polar surface area (TPSA) is 83.5 Å². The first-order chi connectivity index (χ1) is 14.0. The van der Waals surface area contributed by atoms with Gasteiger partial charge in [0.05, 0.1) is 6.26 Å². The van der Waals surface area contributed by atoms with Gasteiger partial charge in [-0.3, -0.25) is 10.1 Å². The number of aromatic nitrogens is 1. The van der Waals surface area contributed by atoms with Crippen molar-refractivity contribution in [2.24, 2.45) is 0 Å². The molecule has 4 rings (SSSR count). The number of amides is 1. The molecule has 146 valence electrons. The standard InChI is InChI=1S/C21H18N4O3S/c1-25(2)15-8-5-13(6-9-15)20-23-16-12-14(7-10-17(16)28-20)22-21(29)24-19(26)18-4-3-11-27-18/h3-12H,1-2H3,(H2,22,24,26,29). The van der Waals surface area contributed by atoms with E-state index in [1.165, 1.54) is 6.26 Å². The Bertz CT molecular complexity index is 1160. The molecular formula is C21H18N4O3S. The molecule has 0 bridgehead atoms. The summed E-state index contributed by atoms with van der Waals surface area (Å²) >= 11 is 5.19. The van der Waals surface area contributed by atoms with Crippen molar-refractivity contribution >= 4 is 45.7 Å². The number of oxazole rings is 1. The first-order valence-corrected chi connectivity index (χ1v) is 9.24. The van der Waals surface area contributed by atoms with Gasteiger partial charge in [0.2, 0.25) is 5.89 Å². The van der Waals surface area contributed by atoms with Crippen LogP contribution in [-0.4, -0.2) is 30.1 Å². The molecule has 0 aliphatic heterocycles. The maximum Gasteiger partial charge on any atom is 0.293 e. The number of thiocarbonyl (C=S) groups is 1. The van der Waals surface area contributed by atoms with Gasteiger partial charge in [-0.2, -0.15) is 0 Å². The third kappa shape index (κ3) is 4.12. The zero-order chi connectivity index (χ0) is 20.4. The van der Waals surface area contributed by atoms with Gasteiger partial charge >= 0.3 is 0 Å². The molecule has 0 spiro atoms. The van der Waals surface area contributed by atoms with Crippen molar-refractivity contribution in [3.8, 4) is 11.5 Å². The van der Waals surface area contributed by atoms with E-state index in [9.17, 15) is 4.79 Å². The number of nitrogens with one attached hydrogen (secondary N) is 2. The lowest BCUT2D eigenvalue weighted by Gasteiger charge is -2.11. The predicted octanol–water partition coefficient (Wildman–Crippen LogP) is 4.28. The van der Waals surface area contributed by atoms with Gasteiger partial charge in [-0.25, -0.2) is 4.98 Å². The van der Waals surface area contributed by atoms with Crippen molar-refractivity contribution in [3.05, 3.63) is 66.6 Å². The molecule has 0 fully saturated rings. The fourth-order valence-corrected chi connectivity index (χ4v) is 2.98. The van der Waals surface area contributed by atoms with Crippen LogP contribution in [0.2, 0.25) is 0 Å². The van der Waals surface area contributed by atoms with Crippen LogP contribution in [0.5, 0.6) is 0 Å². The second-order valence-electron chi connectivity index (χ2n) is 6.53. The van der Waals surface area contributed by atoms with E-state index in [0.717, 1.165) is 11.3 Å². The van der Waals surface area contributed by atoms with Gasteiger partial charge in [0, 0.05) is 31.0 Å². The zero-order valence-corrected chi connectivity index (χ0v) is 16.6. The Morgan fingerprint density at radius 2 is 1.90 bits per heavy atom. The molecule has 2 aromatic carbocycles. The highest BCUT2D eigenvalue weighted by Crippen LogP contribution is 2.27. The number of rotatable bonds is 4. The number of carbonyl (C=O) groups excluding carboxylic acids is 1. The van der Waals surface area contributed by atoms with Crippen molar-refractivity contribution in [1.29, 1.82) is 0 Å². The first-order valence-electron chi connectivity index (χ1n) is 8.84. The molecule has 8 heteroatoms. The van der Waals surface area contributed by atoms with Gasteiger partial charge < -0.3 is 19.1 Å². The van der Waals surface area contributed by atoms with Gasteiger partial charge in [-0.05, 0) is 66.8 Å². The van der Waals surface area contributed by atoms with Gasteiger partial charge in [-0.1, -0.05) is 0 Å². The van der Waals surface area contributed by atoms with E-state index < -0.39 is 5.91 Å². The Labute approximate surface area is 172 Å². The smallest absolute Gasteiger partial charge is 0.293 e. The van der Waals surface area contributed by atoms with E-state index in [-0.39, 0.29) is 10.9 Å². The molecule has 0 saturated heterocycles. The molecule has 4 aromatic rings. The van der Waals surface area contributed by atoms with Crippen molar-refractivity contribution in [1.82, 2.24) is 10.3 Å². The van der Waals surface area contributed by atoms with Crippen LogP contribution in [0.15, 0.2) is 69.7 Å². The van der Waals surface area contributed by atoms with Crippen LogP contribution < -0.4 is 15.5 Å². The number of hydrogen-bond acceptors (Lipinski definition) is 6. The molecule has 0 saturated carbocycles. The van der Waals surface area contributed by atoms with Crippen molar-refractivity contribution in [2.45, 2.75) is 0 Å². The molecule has 2 heterocycles. The van der Waals surface area contributed by atoms with Gasteiger partial charge in [0.25, 0.3) is 5.91 Å². The van der Waals surface area contributed by atoms with Crippen molar-refractivity contribution in [3.63, 3.8) is 0 Å². The summed E-state index contributed by atoms with van der Waals surface area (Å²) in [5.74, 6) is 0.306. The Hall–Kier alpha value is -3.65. The highest BCUT2D eigenvalue weighted by Gasteiger charge is 2.12. The molecule has 0 radical (unpaired) electrons. The zero-order valence-electron chi connectivity index (χ0n) is 15.8. The summed E-state index contributed by atoms with van der Waals surface area (Å²) < 4.78 is 10.9. The lowest BCUT2D eigenvalue weighted by molar-refractivity contribution is 0.0950. The summed E-state index contributed by atoms with van der Waals surface area (Å²) in [5.41, 5.74) is 4.02. The fraction of sp³-hybridized carbons (Fsp3) is 0.0952. The van der Waals surface area contributed by atoms with Gasteiger partial charge in [0.1, 0.15) is 5.52 Å². The fourth-order valence-electron chi connectivity index (χ4n) is 2.77. The summed E-state index contributed by atoms with van der Waals surface area (Å²) in [7, 11) is 3.98. The van der Waals surface area contributed by atoms with Crippen LogP contribution in [0.3, 0.4) is 0 Å². The molecular weight excluding hydrogens is 388 g/mol. The van der Waals surface area contributed by atoms with E-state index in [1.807, 2.05) is 49.3 Å². The predicted molar refractivity (Wildman–Crippen MR) is 116 cm³/mol. The molecule has 2 N–H and O–H groups in total.